The molecule has 3 aromatic rings. The van der Waals surface area contributed by atoms with Crippen LogP contribution in [0.2, 0.25) is 0 Å². The van der Waals surface area contributed by atoms with Crippen molar-refractivity contribution in [2.75, 3.05) is 16.8 Å². The van der Waals surface area contributed by atoms with Gasteiger partial charge in [0.1, 0.15) is 5.69 Å². The Bertz CT molecular complexity index is 976. The van der Waals surface area contributed by atoms with Crippen LogP contribution in [0, 0.1) is 0 Å². The molecule has 0 bridgehead atoms. The molecular formula is C19H16BrN3O2. The van der Waals surface area contributed by atoms with Gasteiger partial charge in [0.2, 0.25) is 5.91 Å². The molecule has 0 spiro atoms. The fourth-order valence-corrected chi connectivity index (χ4v) is 3.77. The zero-order valence-corrected chi connectivity index (χ0v) is 15.2. The number of nitrogens with one attached hydrogen (secondary N) is 2. The van der Waals surface area contributed by atoms with Crippen molar-refractivity contribution in [1.29, 1.82) is 0 Å². The molecular weight excluding hydrogens is 382 g/mol. The van der Waals surface area contributed by atoms with Gasteiger partial charge in [-0.05, 0) is 36.2 Å². The number of hydrogen-bond donors (Lipinski definition) is 2. The van der Waals surface area contributed by atoms with E-state index in [0.29, 0.717) is 11.4 Å². The highest BCUT2D eigenvalue weighted by Crippen LogP contribution is 2.37. The molecule has 2 N–H and O–H groups in total. The van der Waals surface area contributed by atoms with E-state index in [0.717, 1.165) is 39.6 Å². The number of fused-ring (bicyclic) bond motifs is 2. The average molecular weight is 398 g/mol. The van der Waals surface area contributed by atoms with E-state index in [9.17, 15) is 9.59 Å². The van der Waals surface area contributed by atoms with Gasteiger partial charge in [0.15, 0.2) is 0 Å². The number of amides is 2. The first-order chi connectivity index (χ1) is 12.0. The van der Waals surface area contributed by atoms with E-state index in [1.54, 1.807) is 12.1 Å². The monoisotopic (exact) mass is 397 g/mol. The van der Waals surface area contributed by atoms with Gasteiger partial charge in [0.25, 0.3) is 5.91 Å². The third kappa shape index (κ3) is 2.72. The van der Waals surface area contributed by atoms with Crippen LogP contribution in [-0.2, 0) is 11.2 Å². The van der Waals surface area contributed by atoms with Crippen LogP contribution in [-0.4, -0.2) is 23.3 Å². The van der Waals surface area contributed by atoms with Crippen LogP contribution < -0.4 is 10.2 Å². The van der Waals surface area contributed by atoms with Crippen LogP contribution in [0.15, 0.2) is 46.9 Å². The quantitative estimate of drug-likeness (QED) is 0.684. The number of carbonyl (C=O) groups is 2. The molecule has 1 aliphatic heterocycles. The molecule has 6 heteroatoms. The summed E-state index contributed by atoms with van der Waals surface area (Å²) in [4.78, 5) is 29.8. The fourth-order valence-electron chi connectivity index (χ4n) is 3.28. The first kappa shape index (κ1) is 15.9. The lowest BCUT2D eigenvalue weighted by Crippen LogP contribution is -2.36. The minimum atomic E-state index is -0.363. The van der Waals surface area contributed by atoms with E-state index in [4.69, 9.17) is 0 Å². The topological polar surface area (TPSA) is 65.2 Å². The third-order valence-corrected chi connectivity index (χ3v) is 4.84. The van der Waals surface area contributed by atoms with E-state index in [1.807, 2.05) is 30.3 Å². The Balaban J connectivity index is 1.82. The SMILES string of the molecule is CC(=O)N(C(=O)c1cc2ccccc2[nH]1)c1cc(Br)cc2c1NCC2. The van der Waals surface area contributed by atoms with Crippen molar-refractivity contribution >= 4 is 50.0 Å². The van der Waals surface area contributed by atoms with Crippen molar-refractivity contribution in [3.05, 3.63) is 58.2 Å². The summed E-state index contributed by atoms with van der Waals surface area (Å²) in [5.74, 6) is -0.685. The van der Waals surface area contributed by atoms with Crippen molar-refractivity contribution in [3.63, 3.8) is 0 Å². The van der Waals surface area contributed by atoms with Gasteiger partial charge in [-0.1, -0.05) is 34.1 Å². The van der Waals surface area contributed by atoms with E-state index in [2.05, 4.69) is 26.2 Å². The van der Waals surface area contributed by atoms with Crippen molar-refractivity contribution in [3.8, 4) is 0 Å². The van der Waals surface area contributed by atoms with Gasteiger partial charge in [0, 0.05) is 28.8 Å². The molecule has 2 aromatic carbocycles. The maximum absolute atomic E-state index is 13.1. The summed E-state index contributed by atoms with van der Waals surface area (Å²) in [5, 5.41) is 4.22. The summed E-state index contributed by atoms with van der Waals surface area (Å²) < 4.78 is 0.848. The Labute approximate surface area is 153 Å². The molecule has 0 saturated heterocycles. The molecule has 2 heterocycles. The molecule has 0 aliphatic carbocycles. The summed E-state index contributed by atoms with van der Waals surface area (Å²) in [6.45, 7) is 2.20. The standard InChI is InChI=1S/C19H16BrN3O2/c1-11(24)23(17-10-14(20)8-13-6-7-21-18(13)17)19(25)16-9-12-4-2-3-5-15(12)22-16/h2-5,8-10,21-22H,6-7H2,1H3. The third-order valence-electron chi connectivity index (χ3n) is 4.38. The van der Waals surface area contributed by atoms with Gasteiger partial charge in [-0.25, -0.2) is 4.90 Å². The molecule has 0 radical (unpaired) electrons. The zero-order chi connectivity index (χ0) is 17.6. The summed E-state index contributed by atoms with van der Waals surface area (Å²) in [6.07, 6.45) is 0.869. The predicted octanol–water partition coefficient (Wildman–Crippen LogP) is 4.09. The van der Waals surface area contributed by atoms with Crippen LogP contribution in [0.3, 0.4) is 0 Å². The summed E-state index contributed by atoms with van der Waals surface area (Å²) >= 11 is 3.48. The number of benzene rings is 2. The maximum Gasteiger partial charge on any atom is 0.281 e. The number of carbonyl (C=O) groups excluding carboxylic acids is 2. The normalized spacial score (nSPS) is 12.7. The molecule has 0 saturated carbocycles. The van der Waals surface area contributed by atoms with Crippen molar-refractivity contribution in [1.82, 2.24) is 4.98 Å². The second-order valence-corrected chi connectivity index (χ2v) is 6.98. The summed E-state index contributed by atoms with van der Waals surface area (Å²) in [6, 6.07) is 13.3. The summed E-state index contributed by atoms with van der Waals surface area (Å²) in [7, 11) is 0. The molecule has 1 aromatic heterocycles. The summed E-state index contributed by atoms with van der Waals surface area (Å²) in [5.41, 5.74) is 3.79. The molecule has 0 atom stereocenters. The number of aromatic nitrogens is 1. The van der Waals surface area contributed by atoms with Crippen LogP contribution in [0.4, 0.5) is 11.4 Å². The Kier molecular flexibility index (Phi) is 3.84. The predicted molar refractivity (Wildman–Crippen MR) is 102 cm³/mol. The van der Waals surface area contributed by atoms with Gasteiger partial charge in [0.05, 0.1) is 11.4 Å². The van der Waals surface area contributed by atoms with Crippen LogP contribution in [0.5, 0.6) is 0 Å². The number of aromatic amines is 1. The minimum absolute atomic E-state index is 0.322. The zero-order valence-electron chi connectivity index (χ0n) is 13.6. The number of para-hydroxylation sites is 1. The van der Waals surface area contributed by atoms with Crippen molar-refractivity contribution in [2.24, 2.45) is 0 Å². The van der Waals surface area contributed by atoms with Crippen molar-refractivity contribution in [2.45, 2.75) is 13.3 Å². The van der Waals surface area contributed by atoms with Gasteiger partial charge < -0.3 is 10.3 Å². The fraction of sp³-hybridized carbons (Fsp3) is 0.158. The number of H-pyrrole nitrogens is 1. The first-order valence-corrected chi connectivity index (χ1v) is 8.83. The number of hydrogen-bond acceptors (Lipinski definition) is 3. The second-order valence-electron chi connectivity index (χ2n) is 6.07. The highest BCUT2D eigenvalue weighted by Gasteiger charge is 2.28. The number of anilines is 2. The van der Waals surface area contributed by atoms with Gasteiger partial charge in [-0.15, -0.1) is 0 Å². The van der Waals surface area contributed by atoms with E-state index >= 15 is 0 Å². The Morgan fingerprint density at radius 1 is 1.16 bits per heavy atom. The van der Waals surface area contributed by atoms with Crippen LogP contribution in [0.1, 0.15) is 23.0 Å². The Hall–Kier alpha value is -2.60. The molecule has 0 unspecified atom stereocenters. The van der Waals surface area contributed by atoms with Crippen LogP contribution >= 0.6 is 15.9 Å². The van der Waals surface area contributed by atoms with Gasteiger partial charge in [-0.2, -0.15) is 0 Å². The lowest BCUT2D eigenvalue weighted by atomic mass is 10.1. The maximum atomic E-state index is 13.1. The molecule has 2 amide bonds. The average Bonchev–Trinajstić information content (AvgIpc) is 3.20. The van der Waals surface area contributed by atoms with E-state index in [1.165, 1.54) is 11.8 Å². The molecule has 0 fully saturated rings. The van der Waals surface area contributed by atoms with E-state index < -0.39 is 0 Å². The lowest BCUT2D eigenvalue weighted by Gasteiger charge is -2.22. The van der Waals surface area contributed by atoms with Crippen molar-refractivity contribution < 1.29 is 9.59 Å². The molecule has 126 valence electrons. The number of imide groups is 1. The smallest absolute Gasteiger partial charge is 0.281 e. The second kappa shape index (κ2) is 6.04. The van der Waals surface area contributed by atoms with E-state index in [-0.39, 0.29) is 11.8 Å². The van der Waals surface area contributed by atoms with Gasteiger partial charge >= 0.3 is 0 Å². The molecule has 1 aliphatic rings. The Morgan fingerprint density at radius 3 is 2.72 bits per heavy atom. The first-order valence-electron chi connectivity index (χ1n) is 8.03. The molecule has 4 rings (SSSR count). The number of rotatable bonds is 2. The highest BCUT2D eigenvalue weighted by molar-refractivity contribution is 9.10. The minimum Gasteiger partial charge on any atom is -0.383 e. The number of nitrogens with zero attached hydrogens (tertiary/aromatic N) is 1. The largest absolute Gasteiger partial charge is 0.383 e. The van der Waals surface area contributed by atoms with Gasteiger partial charge in [-0.3, -0.25) is 9.59 Å². The van der Waals surface area contributed by atoms with Crippen LogP contribution in [0.25, 0.3) is 10.9 Å². The Morgan fingerprint density at radius 2 is 1.96 bits per heavy atom. The molecule has 5 nitrogen and oxygen atoms in total. The lowest BCUT2D eigenvalue weighted by molar-refractivity contribution is -0.115. The highest BCUT2D eigenvalue weighted by atomic mass is 79.9. The number of halogens is 1. The molecule has 25 heavy (non-hydrogen) atoms.